The summed E-state index contributed by atoms with van der Waals surface area (Å²) >= 11 is 6.15. The summed E-state index contributed by atoms with van der Waals surface area (Å²) in [6.07, 6.45) is 4.26. The standard InChI is InChI=1S/C17H16ClN5O3/c1-11-2-4-12(5-3-11)7-23-9-14(18)16(21-23)20-17(26)13-6-19-22(8-13)10-15(24)25/h2-6,8-9H,7,10H2,1H3,(H,24,25)(H,20,21,26). The van der Waals surface area contributed by atoms with Crippen LogP contribution in [0.1, 0.15) is 21.5 Å². The van der Waals surface area contributed by atoms with Gasteiger partial charge in [0.05, 0.1) is 18.3 Å². The largest absolute Gasteiger partial charge is 0.480 e. The highest BCUT2D eigenvalue weighted by Gasteiger charge is 2.14. The minimum absolute atomic E-state index is 0.218. The summed E-state index contributed by atoms with van der Waals surface area (Å²) in [6.45, 7) is 2.21. The first-order valence-corrected chi connectivity index (χ1v) is 8.12. The fraction of sp³-hybridized carbons (Fsp3) is 0.176. The third-order valence-electron chi connectivity index (χ3n) is 3.61. The molecule has 1 aromatic carbocycles. The summed E-state index contributed by atoms with van der Waals surface area (Å²) in [5, 5.41) is 19.8. The van der Waals surface area contributed by atoms with E-state index in [4.69, 9.17) is 16.7 Å². The molecule has 26 heavy (non-hydrogen) atoms. The molecule has 3 rings (SSSR count). The van der Waals surface area contributed by atoms with Crippen LogP contribution in [0.2, 0.25) is 5.02 Å². The Labute approximate surface area is 154 Å². The van der Waals surface area contributed by atoms with Crippen LogP contribution in [0.4, 0.5) is 5.82 Å². The first-order valence-electron chi connectivity index (χ1n) is 7.75. The number of amides is 1. The molecule has 0 saturated heterocycles. The molecule has 0 bridgehead atoms. The quantitative estimate of drug-likeness (QED) is 0.690. The van der Waals surface area contributed by atoms with Crippen LogP contribution in [0.15, 0.2) is 42.9 Å². The van der Waals surface area contributed by atoms with E-state index < -0.39 is 11.9 Å². The topological polar surface area (TPSA) is 102 Å². The van der Waals surface area contributed by atoms with Gasteiger partial charge in [0.25, 0.3) is 5.91 Å². The SMILES string of the molecule is Cc1ccc(Cn2cc(Cl)c(NC(=O)c3cnn(CC(=O)O)c3)n2)cc1. The zero-order valence-electron chi connectivity index (χ0n) is 13.9. The molecule has 0 aliphatic rings. The molecule has 9 heteroatoms. The lowest BCUT2D eigenvalue weighted by Gasteiger charge is -2.03. The van der Waals surface area contributed by atoms with E-state index in [1.165, 1.54) is 18.0 Å². The van der Waals surface area contributed by atoms with E-state index in [0.717, 1.165) is 10.2 Å². The van der Waals surface area contributed by atoms with Gasteiger partial charge in [-0.1, -0.05) is 41.4 Å². The highest BCUT2D eigenvalue weighted by Crippen LogP contribution is 2.21. The fourth-order valence-corrected chi connectivity index (χ4v) is 2.53. The van der Waals surface area contributed by atoms with Gasteiger partial charge in [-0.3, -0.25) is 19.0 Å². The molecule has 134 valence electrons. The number of carboxylic acids is 1. The average Bonchev–Trinajstić information content (AvgIpc) is 3.16. The number of aryl methyl sites for hydroxylation is 1. The van der Waals surface area contributed by atoms with Gasteiger partial charge in [-0.15, -0.1) is 0 Å². The van der Waals surface area contributed by atoms with Gasteiger partial charge in [0.15, 0.2) is 5.82 Å². The van der Waals surface area contributed by atoms with Gasteiger partial charge in [-0.05, 0) is 12.5 Å². The van der Waals surface area contributed by atoms with Gasteiger partial charge in [-0.2, -0.15) is 10.2 Å². The van der Waals surface area contributed by atoms with Crippen LogP contribution in [0.25, 0.3) is 0 Å². The van der Waals surface area contributed by atoms with E-state index >= 15 is 0 Å². The van der Waals surface area contributed by atoms with E-state index in [9.17, 15) is 9.59 Å². The maximum atomic E-state index is 12.3. The highest BCUT2D eigenvalue weighted by molar-refractivity contribution is 6.33. The molecule has 2 heterocycles. The molecule has 0 unspecified atom stereocenters. The van der Waals surface area contributed by atoms with Crippen LogP contribution in [-0.2, 0) is 17.9 Å². The van der Waals surface area contributed by atoms with Crippen molar-refractivity contribution in [3.05, 3.63) is 64.6 Å². The number of rotatable bonds is 6. The smallest absolute Gasteiger partial charge is 0.325 e. The fourth-order valence-electron chi connectivity index (χ4n) is 2.33. The second-order valence-corrected chi connectivity index (χ2v) is 6.19. The number of aromatic nitrogens is 4. The molecule has 2 aromatic heterocycles. The highest BCUT2D eigenvalue weighted by atomic mass is 35.5. The number of carbonyl (C=O) groups is 2. The molecule has 1 amide bonds. The minimum atomic E-state index is -1.04. The maximum absolute atomic E-state index is 12.3. The molecule has 0 saturated carbocycles. The predicted molar refractivity (Wildman–Crippen MR) is 95.3 cm³/mol. The second kappa shape index (κ2) is 7.40. The van der Waals surface area contributed by atoms with Gasteiger partial charge in [0.2, 0.25) is 0 Å². The van der Waals surface area contributed by atoms with Crippen LogP contribution in [-0.4, -0.2) is 36.5 Å². The number of hydrogen-bond donors (Lipinski definition) is 2. The van der Waals surface area contributed by atoms with Crippen LogP contribution >= 0.6 is 11.6 Å². The Morgan fingerprint density at radius 3 is 2.62 bits per heavy atom. The van der Waals surface area contributed by atoms with Crippen LogP contribution < -0.4 is 5.32 Å². The Bertz CT molecular complexity index is 946. The third kappa shape index (κ3) is 4.28. The third-order valence-corrected chi connectivity index (χ3v) is 3.88. The number of hydrogen-bond acceptors (Lipinski definition) is 4. The lowest BCUT2D eigenvalue weighted by molar-refractivity contribution is -0.137. The van der Waals surface area contributed by atoms with Crippen molar-refractivity contribution in [1.82, 2.24) is 19.6 Å². The average molecular weight is 374 g/mol. The Morgan fingerprint density at radius 1 is 1.19 bits per heavy atom. The molecule has 3 aromatic rings. The maximum Gasteiger partial charge on any atom is 0.325 e. The van der Waals surface area contributed by atoms with Crippen molar-refractivity contribution in [1.29, 1.82) is 0 Å². The van der Waals surface area contributed by atoms with E-state index in [1.54, 1.807) is 10.9 Å². The van der Waals surface area contributed by atoms with Crippen molar-refractivity contribution in [2.24, 2.45) is 0 Å². The summed E-state index contributed by atoms with van der Waals surface area (Å²) in [5.41, 5.74) is 2.45. The molecule has 0 aliphatic carbocycles. The van der Waals surface area contributed by atoms with Gasteiger partial charge in [0, 0.05) is 12.4 Å². The predicted octanol–water partition coefficient (Wildman–Crippen LogP) is 2.43. The number of anilines is 1. The number of aliphatic carboxylic acids is 1. The van der Waals surface area contributed by atoms with E-state index in [1.807, 2.05) is 31.2 Å². The zero-order chi connectivity index (χ0) is 18.7. The number of halogens is 1. The van der Waals surface area contributed by atoms with Crippen LogP contribution in [0.3, 0.4) is 0 Å². The van der Waals surface area contributed by atoms with Crippen molar-refractivity contribution in [3.63, 3.8) is 0 Å². The van der Waals surface area contributed by atoms with Crippen molar-refractivity contribution in [3.8, 4) is 0 Å². The summed E-state index contributed by atoms with van der Waals surface area (Å²) in [5.74, 6) is -1.28. The summed E-state index contributed by atoms with van der Waals surface area (Å²) in [4.78, 5) is 22.9. The van der Waals surface area contributed by atoms with Crippen molar-refractivity contribution in [2.75, 3.05) is 5.32 Å². The molecule has 0 spiro atoms. The Balaban J connectivity index is 1.68. The van der Waals surface area contributed by atoms with E-state index in [0.29, 0.717) is 11.6 Å². The Kier molecular flexibility index (Phi) is 5.04. The molecular weight excluding hydrogens is 358 g/mol. The first kappa shape index (κ1) is 17.7. The molecule has 2 N–H and O–H groups in total. The first-order chi connectivity index (χ1) is 12.4. The van der Waals surface area contributed by atoms with Crippen molar-refractivity contribution >= 4 is 29.3 Å². The zero-order valence-corrected chi connectivity index (χ0v) is 14.6. The Morgan fingerprint density at radius 2 is 1.92 bits per heavy atom. The molecule has 0 radical (unpaired) electrons. The van der Waals surface area contributed by atoms with Gasteiger partial charge in [0.1, 0.15) is 11.6 Å². The molecule has 0 fully saturated rings. The van der Waals surface area contributed by atoms with E-state index in [-0.39, 0.29) is 17.9 Å². The number of nitrogens with one attached hydrogen (secondary N) is 1. The van der Waals surface area contributed by atoms with Crippen molar-refractivity contribution in [2.45, 2.75) is 20.0 Å². The summed E-state index contributed by atoms with van der Waals surface area (Å²) < 4.78 is 2.80. The summed E-state index contributed by atoms with van der Waals surface area (Å²) in [6, 6.07) is 8.02. The summed E-state index contributed by atoms with van der Waals surface area (Å²) in [7, 11) is 0. The molecule has 0 aliphatic heterocycles. The lowest BCUT2D eigenvalue weighted by atomic mass is 10.1. The van der Waals surface area contributed by atoms with Gasteiger partial charge in [-0.25, -0.2) is 0 Å². The molecule has 8 nitrogen and oxygen atoms in total. The second-order valence-electron chi connectivity index (χ2n) is 5.78. The monoisotopic (exact) mass is 373 g/mol. The number of nitrogens with zero attached hydrogens (tertiary/aromatic N) is 4. The van der Waals surface area contributed by atoms with Gasteiger partial charge < -0.3 is 10.4 Å². The van der Waals surface area contributed by atoms with Crippen molar-refractivity contribution < 1.29 is 14.7 Å². The molecular formula is C17H16ClN5O3. The minimum Gasteiger partial charge on any atom is -0.480 e. The Hall–Kier alpha value is -3.13. The van der Waals surface area contributed by atoms with E-state index in [2.05, 4.69) is 15.5 Å². The normalized spacial score (nSPS) is 10.7. The number of benzene rings is 1. The number of carbonyl (C=O) groups excluding carboxylic acids is 1. The molecule has 0 atom stereocenters. The lowest BCUT2D eigenvalue weighted by Crippen LogP contribution is -2.13. The van der Waals surface area contributed by atoms with Crippen LogP contribution in [0, 0.1) is 6.92 Å². The number of carboxylic acid groups (broad SMARTS) is 1. The van der Waals surface area contributed by atoms with Gasteiger partial charge >= 0.3 is 5.97 Å². The van der Waals surface area contributed by atoms with Crippen LogP contribution in [0.5, 0.6) is 0 Å².